The molecule has 0 aromatic carbocycles. The van der Waals surface area contributed by atoms with E-state index in [0.717, 1.165) is 15.9 Å². The van der Waals surface area contributed by atoms with Crippen molar-refractivity contribution < 1.29 is 18.0 Å². The Bertz CT molecular complexity index is 765. The summed E-state index contributed by atoms with van der Waals surface area (Å²) in [5, 5.41) is 7.61. The standard InChI is InChI=1S/C14H17BrF3N5O/c1-8-10(5-19-22(8)4)6-21(3)11(24)7-23-9(2)12(15)13(20-23)14(16,17)18/h5H,6-7H2,1-4H3. The molecule has 6 nitrogen and oxygen atoms in total. The molecular weight excluding hydrogens is 391 g/mol. The van der Waals surface area contributed by atoms with Gasteiger partial charge in [-0.3, -0.25) is 14.2 Å². The first kappa shape index (κ1) is 18.5. The summed E-state index contributed by atoms with van der Waals surface area (Å²) >= 11 is 2.89. The molecule has 0 aliphatic heterocycles. The van der Waals surface area contributed by atoms with Crippen LogP contribution >= 0.6 is 15.9 Å². The predicted octanol–water partition coefficient (Wildman–Crippen LogP) is 2.67. The van der Waals surface area contributed by atoms with E-state index in [1.165, 1.54) is 11.8 Å². The van der Waals surface area contributed by atoms with E-state index >= 15 is 0 Å². The zero-order valence-electron chi connectivity index (χ0n) is 13.6. The van der Waals surface area contributed by atoms with Gasteiger partial charge in [0, 0.05) is 31.9 Å². The molecule has 0 saturated heterocycles. The van der Waals surface area contributed by atoms with Gasteiger partial charge in [0.25, 0.3) is 0 Å². The number of aryl methyl sites for hydroxylation is 1. The largest absolute Gasteiger partial charge is 0.436 e. The molecule has 2 rings (SSSR count). The number of carbonyl (C=O) groups is 1. The fraction of sp³-hybridized carbons (Fsp3) is 0.500. The molecule has 0 radical (unpaired) electrons. The third-order valence-corrected chi connectivity index (χ3v) is 4.81. The molecule has 2 aromatic heterocycles. The molecule has 1 amide bonds. The number of nitrogens with zero attached hydrogens (tertiary/aromatic N) is 5. The normalized spacial score (nSPS) is 11.8. The van der Waals surface area contributed by atoms with E-state index in [4.69, 9.17) is 0 Å². The van der Waals surface area contributed by atoms with Crippen LogP contribution in [0, 0.1) is 13.8 Å². The highest BCUT2D eigenvalue weighted by atomic mass is 79.9. The van der Waals surface area contributed by atoms with Crippen molar-refractivity contribution in [3.05, 3.63) is 33.3 Å². The van der Waals surface area contributed by atoms with Crippen LogP contribution in [-0.2, 0) is 31.1 Å². The van der Waals surface area contributed by atoms with Crippen molar-refractivity contribution in [1.82, 2.24) is 24.5 Å². The van der Waals surface area contributed by atoms with Gasteiger partial charge in [0.1, 0.15) is 6.54 Å². The van der Waals surface area contributed by atoms with Gasteiger partial charge in [-0.1, -0.05) is 0 Å². The molecule has 0 fully saturated rings. The Balaban J connectivity index is 2.13. The monoisotopic (exact) mass is 407 g/mol. The van der Waals surface area contributed by atoms with Gasteiger partial charge in [-0.05, 0) is 29.8 Å². The Morgan fingerprint density at radius 2 is 1.96 bits per heavy atom. The quantitative estimate of drug-likeness (QED) is 0.782. The molecule has 0 aliphatic carbocycles. The minimum atomic E-state index is -4.57. The maximum Gasteiger partial charge on any atom is 0.436 e. The van der Waals surface area contributed by atoms with E-state index in [-0.39, 0.29) is 22.6 Å². The van der Waals surface area contributed by atoms with Gasteiger partial charge < -0.3 is 4.90 Å². The van der Waals surface area contributed by atoms with Crippen LogP contribution in [0.15, 0.2) is 10.7 Å². The highest BCUT2D eigenvalue weighted by Crippen LogP contribution is 2.35. The number of rotatable bonds is 4. The topological polar surface area (TPSA) is 56.0 Å². The van der Waals surface area contributed by atoms with Crippen molar-refractivity contribution in [2.75, 3.05) is 7.05 Å². The molecule has 10 heteroatoms. The second kappa shape index (κ2) is 6.58. The lowest BCUT2D eigenvalue weighted by Gasteiger charge is -2.17. The molecule has 0 N–H and O–H groups in total. The van der Waals surface area contributed by atoms with Crippen LogP contribution in [0.5, 0.6) is 0 Å². The summed E-state index contributed by atoms with van der Waals surface area (Å²) in [5.74, 6) is -0.343. The summed E-state index contributed by atoms with van der Waals surface area (Å²) in [5.41, 5.74) is 1.02. The number of hydrogen-bond acceptors (Lipinski definition) is 3. The average Bonchev–Trinajstić information content (AvgIpc) is 2.94. The van der Waals surface area contributed by atoms with Crippen molar-refractivity contribution in [2.24, 2.45) is 7.05 Å². The third-order valence-electron chi connectivity index (χ3n) is 3.86. The molecule has 0 spiro atoms. The molecule has 0 saturated carbocycles. The summed E-state index contributed by atoms with van der Waals surface area (Å²) in [4.78, 5) is 13.7. The van der Waals surface area contributed by atoms with E-state index < -0.39 is 11.9 Å². The number of alkyl halides is 3. The minimum Gasteiger partial charge on any atom is -0.340 e. The van der Waals surface area contributed by atoms with Crippen LogP contribution in [-0.4, -0.2) is 37.4 Å². The Kier molecular flexibility index (Phi) is 5.07. The van der Waals surface area contributed by atoms with Crippen LogP contribution < -0.4 is 0 Å². The minimum absolute atomic E-state index is 0.145. The fourth-order valence-electron chi connectivity index (χ4n) is 2.15. The van der Waals surface area contributed by atoms with Gasteiger partial charge >= 0.3 is 6.18 Å². The molecule has 132 valence electrons. The van der Waals surface area contributed by atoms with Crippen LogP contribution in [0.4, 0.5) is 13.2 Å². The summed E-state index contributed by atoms with van der Waals surface area (Å²) in [7, 11) is 3.39. The van der Waals surface area contributed by atoms with Crippen LogP contribution in [0.1, 0.15) is 22.6 Å². The molecule has 0 atom stereocenters. The van der Waals surface area contributed by atoms with Crippen molar-refractivity contribution in [1.29, 1.82) is 0 Å². The van der Waals surface area contributed by atoms with Gasteiger partial charge in [-0.15, -0.1) is 0 Å². The highest BCUT2D eigenvalue weighted by molar-refractivity contribution is 9.10. The first-order valence-corrected chi connectivity index (χ1v) is 7.83. The zero-order chi connectivity index (χ0) is 18.2. The van der Waals surface area contributed by atoms with Gasteiger partial charge in [-0.2, -0.15) is 23.4 Å². The molecule has 0 bridgehead atoms. The Morgan fingerprint density at radius 1 is 1.33 bits per heavy atom. The van der Waals surface area contributed by atoms with Crippen LogP contribution in [0.2, 0.25) is 0 Å². The van der Waals surface area contributed by atoms with Gasteiger partial charge in [-0.25, -0.2) is 0 Å². The Labute approximate surface area is 145 Å². The Hall–Kier alpha value is -1.84. The van der Waals surface area contributed by atoms with E-state index in [0.29, 0.717) is 6.54 Å². The number of aromatic nitrogens is 4. The number of halogens is 4. The first-order chi connectivity index (χ1) is 11.0. The SMILES string of the molecule is Cc1c(CN(C)C(=O)Cn2nc(C(F)(F)F)c(Br)c2C)cnn1C. The lowest BCUT2D eigenvalue weighted by molar-refractivity contribution is -0.142. The van der Waals surface area contributed by atoms with Crippen LogP contribution in [0.25, 0.3) is 0 Å². The van der Waals surface area contributed by atoms with Crippen molar-refractivity contribution in [2.45, 2.75) is 33.1 Å². The maximum atomic E-state index is 12.9. The number of amides is 1. The lowest BCUT2D eigenvalue weighted by Crippen LogP contribution is -2.30. The summed E-state index contributed by atoms with van der Waals surface area (Å²) < 4.78 is 41.2. The number of hydrogen-bond donors (Lipinski definition) is 0. The van der Waals surface area contributed by atoms with E-state index in [9.17, 15) is 18.0 Å². The second-order valence-electron chi connectivity index (χ2n) is 5.53. The smallest absolute Gasteiger partial charge is 0.340 e. The highest BCUT2D eigenvalue weighted by Gasteiger charge is 2.38. The third kappa shape index (κ3) is 3.63. The lowest BCUT2D eigenvalue weighted by atomic mass is 10.2. The maximum absolute atomic E-state index is 12.9. The van der Waals surface area contributed by atoms with Gasteiger partial charge in [0.2, 0.25) is 5.91 Å². The van der Waals surface area contributed by atoms with E-state index in [2.05, 4.69) is 26.1 Å². The number of likely N-dealkylation sites (N-methyl/N-ethyl adjacent to an activating group) is 1. The molecule has 2 heterocycles. The molecular formula is C14H17BrF3N5O. The van der Waals surface area contributed by atoms with E-state index in [1.807, 2.05) is 6.92 Å². The zero-order valence-corrected chi connectivity index (χ0v) is 15.2. The number of carbonyl (C=O) groups excluding carboxylic acids is 1. The molecule has 24 heavy (non-hydrogen) atoms. The Morgan fingerprint density at radius 3 is 2.42 bits per heavy atom. The second-order valence-corrected chi connectivity index (χ2v) is 6.33. The fourth-order valence-corrected chi connectivity index (χ4v) is 2.66. The van der Waals surface area contributed by atoms with Crippen molar-refractivity contribution >= 4 is 21.8 Å². The molecule has 0 unspecified atom stereocenters. The van der Waals surface area contributed by atoms with Crippen LogP contribution in [0.3, 0.4) is 0 Å². The molecule has 2 aromatic rings. The summed E-state index contributed by atoms with van der Waals surface area (Å²) in [6, 6.07) is 0. The average molecular weight is 408 g/mol. The summed E-state index contributed by atoms with van der Waals surface area (Å²) in [6.45, 7) is 3.42. The first-order valence-electron chi connectivity index (χ1n) is 7.04. The summed E-state index contributed by atoms with van der Waals surface area (Å²) in [6.07, 6.45) is -2.91. The van der Waals surface area contributed by atoms with Gasteiger partial charge in [0.15, 0.2) is 5.69 Å². The molecule has 0 aliphatic rings. The predicted molar refractivity (Wildman–Crippen MR) is 84.1 cm³/mol. The van der Waals surface area contributed by atoms with Crippen molar-refractivity contribution in [3.8, 4) is 0 Å². The van der Waals surface area contributed by atoms with E-state index in [1.54, 1.807) is 25.0 Å². The van der Waals surface area contributed by atoms with Gasteiger partial charge in [0.05, 0.1) is 16.4 Å². The van der Waals surface area contributed by atoms with Crippen molar-refractivity contribution in [3.63, 3.8) is 0 Å².